The van der Waals surface area contributed by atoms with E-state index in [0.717, 1.165) is 37.7 Å². The van der Waals surface area contributed by atoms with Gasteiger partial charge in [0.15, 0.2) is 5.01 Å². The van der Waals surface area contributed by atoms with Gasteiger partial charge >= 0.3 is 0 Å². The highest BCUT2D eigenvalue weighted by atomic mass is 32.1. The molecule has 0 spiro atoms. The summed E-state index contributed by atoms with van der Waals surface area (Å²) in [6, 6.07) is 7.86. The predicted octanol–water partition coefficient (Wildman–Crippen LogP) is 2.23. The van der Waals surface area contributed by atoms with Gasteiger partial charge in [0.1, 0.15) is 0 Å². The van der Waals surface area contributed by atoms with Gasteiger partial charge in [-0.15, -0.1) is 11.3 Å². The van der Waals surface area contributed by atoms with Crippen LogP contribution in [-0.4, -0.2) is 37.2 Å². The van der Waals surface area contributed by atoms with Crippen molar-refractivity contribution in [3.8, 4) is 0 Å². The van der Waals surface area contributed by atoms with Crippen LogP contribution >= 0.6 is 11.3 Å². The summed E-state index contributed by atoms with van der Waals surface area (Å²) in [6.45, 7) is 3.35. The first-order valence-corrected chi connectivity index (χ1v) is 7.34. The van der Waals surface area contributed by atoms with Gasteiger partial charge in [-0.05, 0) is 24.3 Å². The van der Waals surface area contributed by atoms with E-state index in [1.807, 2.05) is 24.3 Å². The van der Waals surface area contributed by atoms with Crippen LogP contribution in [0.4, 0.5) is 11.4 Å². The van der Waals surface area contributed by atoms with Crippen molar-refractivity contribution in [2.75, 3.05) is 36.5 Å². The van der Waals surface area contributed by atoms with Crippen LogP contribution in [0.5, 0.6) is 0 Å². The van der Waals surface area contributed by atoms with Crippen molar-refractivity contribution in [2.45, 2.75) is 0 Å². The molecule has 1 aliphatic heterocycles. The number of anilines is 2. The number of nitrogens with one attached hydrogen (secondary N) is 1. The average Bonchev–Trinajstić information content (AvgIpc) is 3.03. The summed E-state index contributed by atoms with van der Waals surface area (Å²) in [4.78, 5) is 18.1. The number of carbonyl (C=O) groups excluding carboxylic acids is 1. The number of rotatable bonds is 3. The zero-order chi connectivity index (χ0) is 13.8. The molecule has 5 nitrogen and oxygen atoms in total. The van der Waals surface area contributed by atoms with Gasteiger partial charge in [-0.25, -0.2) is 4.98 Å². The molecule has 1 aromatic carbocycles. The van der Waals surface area contributed by atoms with Crippen molar-refractivity contribution in [3.05, 3.63) is 40.8 Å². The lowest BCUT2D eigenvalue weighted by Gasteiger charge is -2.28. The van der Waals surface area contributed by atoms with Gasteiger partial charge < -0.3 is 15.0 Å². The fourth-order valence-electron chi connectivity index (χ4n) is 2.10. The fourth-order valence-corrected chi connectivity index (χ4v) is 2.63. The Kier molecular flexibility index (Phi) is 3.94. The van der Waals surface area contributed by atoms with Crippen LogP contribution in [0.3, 0.4) is 0 Å². The summed E-state index contributed by atoms with van der Waals surface area (Å²) in [6.07, 6.45) is 1.63. The van der Waals surface area contributed by atoms with Crippen molar-refractivity contribution in [3.63, 3.8) is 0 Å². The number of hydrogen-bond donors (Lipinski definition) is 1. The molecule has 2 aromatic rings. The molecule has 20 heavy (non-hydrogen) atoms. The topological polar surface area (TPSA) is 54.5 Å². The van der Waals surface area contributed by atoms with Crippen LogP contribution in [0.2, 0.25) is 0 Å². The van der Waals surface area contributed by atoms with E-state index in [0.29, 0.717) is 5.01 Å². The highest BCUT2D eigenvalue weighted by Gasteiger charge is 2.12. The van der Waals surface area contributed by atoms with E-state index in [2.05, 4.69) is 15.2 Å². The van der Waals surface area contributed by atoms with Crippen molar-refractivity contribution in [2.24, 2.45) is 0 Å². The molecule has 0 unspecified atom stereocenters. The van der Waals surface area contributed by atoms with Crippen molar-refractivity contribution < 1.29 is 9.53 Å². The number of amides is 1. The summed E-state index contributed by atoms with van der Waals surface area (Å²) in [5, 5.41) is 5.10. The number of aromatic nitrogens is 1. The predicted molar refractivity (Wildman–Crippen MR) is 79.5 cm³/mol. The summed E-state index contributed by atoms with van der Waals surface area (Å²) in [7, 11) is 0. The number of hydrogen-bond acceptors (Lipinski definition) is 5. The minimum Gasteiger partial charge on any atom is -0.378 e. The van der Waals surface area contributed by atoms with E-state index in [9.17, 15) is 4.79 Å². The lowest BCUT2D eigenvalue weighted by atomic mass is 10.2. The smallest absolute Gasteiger partial charge is 0.284 e. The molecule has 1 aromatic heterocycles. The maximum absolute atomic E-state index is 11.9. The third-order valence-electron chi connectivity index (χ3n) is 3.13. The van der Waals surface area contributed by atoms with E-state index in [1.165, 1.54) is 11.3 Å². The molecule has 1 saturated heterocycles. The lowest BCUT2D eigenvalue weighted by Crippen LogP contribution is -2.36. The van der Waals surface area contributed by atoms with Gasteiger partial charge in [0.2, 0.25) is 0 Å². The zero-order valence-corrected chi connectivity index (χ0v) is 11.7. The minimum absolute atomic E-state index is 0.167. The van der Waals surface area contributed by atoms with Crippen molar-refractivity contribution in [1.29, 1.82) is 0 Å². The second kappa shape index (κ2) is 6.02. The molecule has 1 aliphatic rings. The monoisotopic (exact) mass is 289 g/mol. The SMILES string of the molecule is O=C(Nc1ccc(N2CCOCC2)cc1)c1nccs1. The van der Waals surface area contributed by atoms with Gasteiger partial charge in [0.25, 0.3) is 5.91 Å². The molecule has 0 saturated carbocycles. The molecular weight excluding hydrogens is 274 g/mol. The molecule has 1 amide bonds. The lowest BCUT2D eigenvalue weighted by molar-refractivity contribution is 0.102. The molecular formula is C14H15N3O2S. The molecule has 0 atom stereocenters. The first-order chi connectivity index (χ1) is 9.83. The molecule has 1 fully saturated rings. The maximum atomic E-state index is 11.9. The fraction of sp³-hybridized carbons (Fsp3) is 0.286. The minimum atomic E-state index is -0.167. The number of carbonyl (C=O) groups is 1. The summed E-state index contributed by atoms with van der Waals surface area (Å²) >= 11 is 1.33. The number of thiazole rings is 1. The zero-order valence-electron chi connectivity index (χ0n) is 10.9. The van der Waals surface area contributed by atoms with Crippen LogP contribution in [0.25, 0.3) is 0 Å². The van der Waals surface area contributed by atoms with Crippen LogP contribution in [0.15, 0.2) is 35.8 Å². The first kappa shape index (κ1) is 13.1. The Balaban J connectivity index is 1.65. The number of nitrogens with zero attached hydrogens (tertiary/aromatic N) is 2. The molecule has 104 valence electrons. The number of benzene rings is 1. The van der Waals surface area contributed by atoms with Crippen LogP contribution in [-0.2, 0) is 4.74 Å². The molecule has 3 rings (SSSR count). The Morgan fingerprint density at radius 3 is 2.65 bits per heavy atom. The summed E-state index contributed by atoms with van der Waals surface area (Å²) in [5.41, 5.74) is 1.93. The molecule has 0 bridgehead atoms. The first-order valence-electron chi connectivity index (χ1n) is 6.46. The highest BCUT2D eigenvalue weighted by Crippen LogP contribution is 2.19. The summed E-state index contributed by atoms with van der Waals surface area (Å²) in [5.74, 6) is -0.167. The van der Waals surface area contributed by atoms with Gasteiger partial charge in [0.05, 0.1) is 13.2 Å². The van der Waals surface area contributed by atoms with E-state index in [4.69, 9.17) is 4.74 Å². The van der Waals surface area contributed by atoms with E-state index >= 15 is 0 Å². The third kappa shape index (κ3) is 2.97. The second-order valence-electron chi connectivity index (χ2n) is 4.44. The van der Waals surface area contributed by atoms with Gasteiger partial charge in [0, 0.05) is 36.0 Å². The number of ether oxygens (including phenoxy) is 1. The van der Waals surface area contributed by atoms with Crippen LogP contribution in [0, 0.1) is 0 Å². The van der Waals surface area contributed by atoms with E-state index in [1.54, 1.807) is 11.6 Å². The van der Waals surface area contributed by atoms with Crippen LogP contribution in [0.1, 0.15) is 9.80 Å². The number of morpholine rings is 1. The molecule has 6 heteroatoms. The highest BCUT2D eigenvalue weighted by molar-refractivity contribution is 7.11. The van der Waals surface area contributed by atoms with E-state index < -0.39 is 0 Å². The Morgan fingerprint density at radius 2 is 2.00 bits per heavy atom. The maximum Gasteiger partial charge on any atom is 0.284 e. The van der Waals surface area contributed by atoms with Crippen molar-refractivity contribution in [1.82, 2.24) is 4.98 Å². The Labute approximate surface area is 121 Å². The normalized spacial score (nSPS) is 15.1. The van der Waals surface area contributed by atoms with Gasteiger partial charge in [-0.1, -0.05) is 0 Å². The Morgan fingerprint density at radius 1 is 1.25 bits per heavy atom. The molecule has 0 aliphatic carbocycles. The average molecular weight is 289 g/mol. The van der Waals surface area contributed by atoms with Crippen molar-refractivity contribution >= 4 is 28.6 Å². The summed E-state index contributed by atoms with van der Waals surface area (Å²) < 4.78 is 5.33. The van der Waals surface area contributed by atoms with E-state index in [-0.39, 0.29) is 5.91 Å². The Hall–Kier alpha value is -1.92. The molecule has 1 N–H and O–H groups in total. The quantitative estimate of drug-likeness (QED) is 0.941. The largest absolute Gasteiger partial charge is 0.378 e. The second-order valence-corrected chi connectivity index (χ2v) is 5.33. The van der Waals surface area contributed by atoms with Crippen LogP contribution < -0.4 is 10.2 Å². The molecule has 0 radical (unpaired) electrons. The van der Waals surface area contributed by atoms with Gasteiger partial charge in [-0.2, -0.15) is 0 Å². The molecule has 2 heterocycles. The van der Waals surface area contributed by atoms with Gasteiger partial charge in [-0.3, -0.25) is 4.79 Å². The standard InChI is InChI=1S/C14H15N3O2S/c18-13(14-15-5-10-20-14)16-11-1-3-12(4-2-11)17-6-8-19-9-7-17/h1-5,10H,6-9H2,(H,16,18). The third-order valence-corrected chi connectivity index (χ3v) is 3.90. The Bertz CT molecular complexity index is 563.